The van der Waals surface area contributed by atoms with E-state index in [1.54, 1.807) is 6.07 Å². The van der Waals surface area contributed by atoms with Crippen LogP contribution in [0.25, 0.3) is 0 Å². The second kappa shape index (κ2) is 5.91. The summed E-state index contributed by atoms with van der Waals surface area (Å²) in [6.45, 7) is 1.90. The van der Waals surface area contributed by atoms with E-state index >= 15 is 0 Å². The quantitative estimate of drug-likeness (QED) is 0.869. The van der Waals surface area contributed by atoms with Crippen LogP contribution in [0, 0.1) is 12.7 Å². The number of aryl methyl sites for hydroxylation is 1. The maximum absolute atomic E-state index is 13.2. The van der Waals surface area contributed by atoms with E-state index in [1.807, 2.05) is 19.1 Å². The average molecular weight is 299 g/mol. The normalized spacial score (nSPS) is 12.5. The van der Waals surface area contributed by atoms with Crippen molar-refractivity contribution in [3.05, 3.63) is 69.0 Å². The molecule has 1 nitrogen and oxygen atoms in total. The maximum Gasteiger partial charge on any atom is 0.123 e. The topological polar surface area (TPSA) is 20.2 Å². The molecule has 2 aromatic carbocycles. The van der Waals surface area contributed by atoms with Gasteiger partial charge < -0.3 is 5.11 Å². The van der Waals surface area contributed by atoms with Crippen LogP contribution in [0.2, 0.25) is 10.0 Å². The van der Waals surface area contributed by atoms with Gasteiger partial charge in [0.1, 0.15) is 5.82 Å². The smallest absolute Gasteiger partial charge is 0.123 e. The van der Waals surface area contributed by atoms with E-state index < -0.39 is 6.10 Å². The molecule has 100 valence electrons. The summed E-state index contributed by atoms with van der Waals surface area (Å²) >= 11 is 11.9. The van der Waals surface area contributed by atoms with Gasteiger partial charge in [0.15, 0.2) is 0 Å². The lowest BCUT2D eigenvalue weighted by Gasteiger charge is -2.13. The second-order valence-electron chi connectivity index (χ2n) is 4.52. The third kappa shape index (κ3) is 3.69. The van der Waals surface area contributed by atoms with Gasteiger partial charge in [-0.1, -0.05) is 29.3 Å². The van der Waals surface area contributed by atoms with E-state index in [1.165, 1.54) is 18.2 Å². The summed E-state index contributed by atoms with van der Waals surface area (Å²) in [6.07, 6.45) is -0.521. The van der Waals surface area contributed by atoms with Gasteiger partial charge in [0, 0.05) is 16.5 Å². The van der Waals surface area contributed by atoms with E-state index in [0.29, 0.717) is 21.2 Å². The predicted molar refractivity (Wildman–Crippen MR) is 76.3 cm³/mol. The van der Waals surface area contributed by atoms with Crippen molar-refractivity contribution in [1.29, 1.82) is 0 Å². The molecular formula is C15H13Cl2FO. The molecule has 2 rings (SSSR count). The molecule has 0 bridgehead atoms. The summed E-state index contributed by atoms with van der Waals surface area (Å²) in [5.41, 5.74) is 2.24. The molecule has 19 heavy (non-hydrogen) atoms. The first-order chi connectivity index (χ1) is 8.95. The van der Waals surface area contributed by atoms with Crippen molar-refractivity contribution >= 4 is 23.2 Å². The van der Waals surface area contributed by atoms with Crippen molar-refractivity contribution in [3.8, 4) is 0 Å². The lowest BCUT2D eigenvalue weighted by Crippen LogP contribution is -2.03. The van der Waals surface area contributed by atoms with E-state index in [-0.39, 0.29) is 12.2 Å². The molecule has 0 aliphatic carbocycles. The Kier molecular flexibility index (Phi) is 4.46. The van der Waals surface area contributed by atoms with Gasteiger partial charge in [-0.2, -0.15) is 0 Å². The zero-order valence-corrected chi connectivity index (χ0v) is 11.8. The largest absolute Gasteiger partial charge is 0.388 e. The van der Waals surface area contributed by atoms with Gasteiger partial charge in [-0.15, -0.1) is 0 Å². The summed E-state index contributed by atoms with van der Waals surface area (Å²) in [5.74, 6) is -0.367. The summed E-state index contributed by atoms with van der Waals surface area (Å²) in [7, 11) is 0. The summed E-state index contributed by atoms with van der Waals surface area (Å²) in [5, 5.41) is 11.2. The van der Waals surface area contributed by atoms with E-state index in [4.69, 9.17) is 23.2 Å². The number of halogens is 3. The molecule has 0 saturated heterocycles. The molecule has 0 aromatic heterocycles. The van der Waals surface area contributed by atoms with Crippen LogP contribution >= 0.6 is 23.2 Å². The molecule has 1 N–H and O–H groups in total. The summed E-state index contributed by atoms with van der Waals surface area (Å²) in [6, 6.07) is 9.48. The Morgan fingerprint density at radius 2 is 1.89 bits per heavy atom. The van der Waals surface area contributed by atoms with Crippen molar-refractivity contribution in [2.45, 2.75) is 19.4 Å². The highest BCUT2D eigenvalue weighted by molar-refractivity contribution is 6.31. The Morgan fingerprint density at radius 3 is 2.58 bits per heavy atom. The third-order valence-corrected chi connectivity index (χ3v) is 3.46. The van der Waals surface area contributed by atoms with Gasteiger partial charge in [-0.25, -0.2) is 4.39 Å². The van der Waals surface area contributed by atoms with E-state index in [2.05, 4.69) is 0 Å². The minimum absolute atomic E-state index is 0.246. The average Bonchev–Trinajstić information content (AvgIpc) is 2.32. The van der Waals surface area contributed by atoms with Crippen LogP contribution in [0.15, 0.2) is 36.4 Å². The maximum atomic E-state index is 13.2. The van der Waals surface area contributed by atoms with Crippen LogP contribution in [0.1, 0.15) is 22.8 Å². The number of rotatable bonds is 3. The molecule has 0 heterocycles. The zero-order valence-electron chi connectivity index (χ0n) is 10.3. The first-order valence-corrected chi connectivity index (χ1v) is 6.60. The SMILES string of the molecule is Cc1cc(Cl)cc(C(O)Cc2cc(F)ccc2Cl)c1. The number of benzene rings is 2. The number of aliphatic hydroxyl groups excluding tert-OH is 1. The first-order valence-electron chi connectivity index (χ1n) is 5.85. The lowest BCUT2D eigenvalue weighted by molar-refractivity contribution is 0.178. The molecule has 0 aliphatic rings. The molecule has 0 aliphatic heterocycles. The van der Waals surface area contributed by atoms with Gasteiger partial charge in [0.05, 0.1) is 6.10 Å². The number of aliphatic hydroxyl groups is 1. The van der Waals surface area contributed by atoms with Crippen molar-refractivity contribution in [2.75, 3.05) is 0 Å². The Hall–Kier alpha value is -1.09. The highest BCUT2D eigenvalue weighted by Crippen LogP contribution is 2.26. The molecule has 0 radical (unpaired) electrons. The minimum Gasteiger partial charge on any atom is -0.388 e. The zero-order chi connectivity index (χ0) is 14.0. The fraction of sp³-hybridized carbons (Fsp3) is 0.200. The monoisotopic (exact) mass is 298 g/mol. The Labute approximate surface area is 121 Å². The summed E-state index contributed by atoms with van der Waals surface area (Å²) < 4.78 is 13.2. The van der Waals surface area contributed by atoms with Crippen molar-refractivity contribution < 1.29 is 9.50 Å². The number of hydrogen-bond donors (Lipinski definition) is 1. The van der Waals surface area contributed by atoms with Crippen LogP contribution in [-0.2, 0) is 6.42 Å². The van der Waals surface area contributed by atoms with Gasteiger partial charge in [0.2, 0.25) is 0 Å². The molecule has 0 spiro atoms. The molecule has 4 heteroatoms. The van der Waals surface area contributed by atoms with Crippen LogP contribution in [0.3, 0.4) is 0 Å². The Morgan fingerprint density at radius 1 is 1.16 bits per heavy atom. The first kappa shape index (κ1) is 14.3. The highest BCUT2D eigenvalue weighted by atomic mass is 35.5. The van der Waals surface area contributed by atoms with Gasteiger partial charge in [-0.05, 0) is 53.9 Å². The molecule has 1 unspecified atom stereocenters. The predicted octanol–water partition coefficient (Wildman–Crippen LogP) is 4.72. The molecule has 2 aromatic rings. The fourth-order valence-electron chi connectivity index (χ4n) is 1.98. The van der Waals surface area contributed by atoms with Crippen molar-refractivity contribution in [1.82, 2.24) is 0 Å². The second-order valence-corrected chi connectivity index (χ2v) is 5.36. The van der Waals surface area contributed by atoms with Crippen molar-refractivity contribution in [3.63, 3.8) is 0 Å². The van der Waals surface area contributed by atoms with E-state index in [9.17, 15) is 9.50 Å². The van der Waals surface area contributed by atoms with Crippen LogP contribution in [-0.4, -0.2) is 5.11 Å². The molecule has 0 fully saturated rings. The minimum atomic E-state index is -0.767. The molecular weight excluding hydrogens is 286 g/mol. The standard InChI is InChI=1S/C15H13Cl2FO/c1-9-4-11(6-12(16)5-9)15(19)8-10-7-13(18)2-3-14(10)17/h2-7,15,19H,8H2,1H3. The van der Waals surface area contributed by atoms with Gasteiger partial charge in [-0.3, -0.25) is 0 Å². The molecule has 1 atom stereocenters. The van der Waals surface area contributed by atoms with Gasteiger partial charge >= 0.3 is 0 Å². The molecule has 0 saturated carbocycles. The number of hydrogen-bond acceptors (Lipinski definition) is 1. The lowest BCUT2D eigenvalue weighted by atomic mass is 10.00. The van der Waals surface area contributed by atoms with Crippen LogP contribution < -0.4 is 0 Å². The van der Waals surface area contributed by atoms with Crippen LogP contribution in [0.4, 0.5) is 4.39 Å². The highest BCUT2D eigenvalue weighted by Gasteiger charge is 2.12. The third-order valence-electron chi connectivity index (χ3n) is 2.87. The Bertz CT molecular complexity index is 578. The fourth-order valence-corrected chi connectivity index (χ4v) is 2.48. The van der Waals surface area contributed by atoms with E-state index in [0.717, 1.165) is 5.56 Å². The van der Waals surface area contributed by atoms with Gasteiger partial charge in [0.25, 0.3) is 0 Å². The van der Waals surface area contributed by atoms with Crippen LogP contribution in [0.5, 0.6) is 0 Å². The summed E-state index contributed by atoms with van der Waals surface area (Å²) in [4.78, 5) is 0. The molecule has 0 amide bonds. The Balaban J connectivity index is 2.25. The van der Waals surface area contributed by atoms with Crippen molar-refractivity contribution in [2.24, 2.45) is 0 Å².